The van der Waals surface area contributed by atoms with Gasteiger partial charge in [0.05, 0.1) is 11.9 Å². The van der Waals surface area contributed by atoms with E-state index in [4.69, 9.17) is 0 Å². The summed E-state index contributed by atoms with van der Waals surface area (Å²) in [4.78, 5) is 27.7. The van der Waals surface area contributed by atoms with E-state index in [0.29, 0.717) is 5.69 Å². The molecule has 8 heteroatoms. The van der Waals surface area contributed by atoms with Gasteiger partial charge >= 0.3 is 0 Å². The first kappa shape index (κ1) is 25.4. The molecule has 0 saturated carbocycles. The lowest BCUT2D eigenvalue weighted by atomic mass is 10.1. The standard InChI is InChI=1S/C24H33N3O4S/c1-17(2)25-24(29)20(5)26(15-21-13-9-7-11-18(21)3)23(28)16-27(32(6,30)31)22-14-10-8-12-19(22)4/h7-14,17,20H,15-16H2,1-6H3,(H,25,29)/t20-/m1/s1. The van der Waals surface area contributed by atoms with E-state index in [1.54, 1.807) is 32.0 Å². The summed E-state index contributed by atoms with van der Waals surface area (Å²) in [6.07, 6.45) is 1.08. The maximum absolute atomic E-state index is 13.5. The molecule has 0 aliphatic rings. The van der Waals surface area contributed by atoms with Gasteiger partial charge in [-0.05, 0) is 57.4 Å². The molecule has 7 nitrogen and oxygen atoms in total. The fourth-order valence-corrected chi connectivity index (χ4v) is 4.30. The minimum Gasteiger partial charge on any atom is -0.352 e. The molecule has 2 aromatic rings. The van der Waals surface area contributed by atoms with Crippen LogP contribution in [0, 0.1) is 13.8 Å². The van der Waals surface area contributed by atoms with E-state index in [0.717, 1.165) is 27.3 Å². The van der Waals surface area contributed by atoms with Crippen LogP contribution in [0.2, 0.25) is 0 Å². The molecule has 2 aromatic carbocycles. The zero-order valence-corrected chi connectivity index (χ0v) is 20.4. The Morgan fingerprint density at radius 2 is 1.50 bits per heavy atom. The Morgan fingerprint density at radius 1 is 0.938 bits per heavy atom. The maximum Gasteiger partial charge on any atom is 0.244 e. The van der Waals surface area contributed by atoms with Crippen molar-refractivity contribution in [2.45, 2.75) is 53.2 Å². The summed E-state index contributed by atoms with van der Waals surface area (Å²) in [5, 5.41) is 2.84. The van der Waals surface area contributed by atoms with Crippen molar-refractivity contribution < 1.29 is 18.0 Å². The lowest BCUT2D eigenvalue weighted by Crippen LogP contribution is -2.52. The second-order valence-corrected chi connectivity index (χ2v) is 10.3. The van der Waals surface area contributed by atoms with Crippen molar-refractivity contribution in [3.05, 3.63) is 65.2 Å². The van der Waals surface area contributed by atoms with E-state index < -0.39 is 28.5 Å². The van der Waals surface area contributed by atoms with Gasteiger partial charge in [-0.15, -0.1) is 0 Å². The van der Waals surface area contributed by atoms with E-state index in [9.17, 15) is 18.0 Å². The van der Waals surface area contributed by atoms with E-state index in [1.165, 1.54) is 4.90 Å². The molecular formula is C24H33N3O4S. The van der Waals surface area contributed by atoms with Gasteiger partial charge in [-0.1, -0.05) is 42.5 Å². The number of para-hydroxylation sites is 1. The van der Waals surface area contributed by atoms with Crippen LogP contribution < -0.4 is 9.62 Å². The number of anilines is 1. The number of carbonyl (C=O) groups is 2. The number of aryl methyl sites for hydroxylation is 2. The second-order valence-electron chi connectivity index (χ2n) is 8.34. The average molecular weight is 460 g/mol. The predicted molar refractivity (Wildman–Crippen MR) is 128 cm³/mol. The fraction of sp³-hybridized carbons (Fsp3) is 0.417. The predicted octanol–water partition coefficient (Wildman–Crippen LogP) is 3.01. The van der Waals surface area contributed by atoms with E-state index >= 15 is 0 Å². The van der Waals surface area contributed by atoms with Gasteiger partial charge in [0, 0.05) is 12.6 Å². The number of hydrogen-bond acceptors (Lipinski definition) is 4. The van der Waals surface area contributed by atoms with Crippen molar-refractivity contribution in [3.63, 3.8) is 0 Å². The highest BCUT2D eigenvalue weighted by Gasteiger charge is 2.30. The molecular weight excluding hydrogens is 426 g/mol. The van der Waals surface area contributed by atoms with Crippen LogP contribution in [0.5, 0.6) is 0 Å². The maximum atomic E-state index is 13.5. The topological polar surface area (TPSA) is 86.8 Å². The molecule has 2 rings (SSSR count). The Kier molecular flexibility index (Phi) is 8.44. The van der Waals surface area contributed by atoms with Crippen molar-refractivity contribution in [2.24, 2.45) is 0 Å². The zero-order valence-electron chi connectivity index (χ0n) is 19.6. The largest absolute Gasteiger partial charge is 0.352 e. The number of carbonyl (C=O) groups excluding carboxylic acids is 2. The van der Waals surface area contributed by atoms with Crippen molar-refractivity contribution in [2.75, 3.05) is 17.1 Å². The molecule has 0 heterocycles. The first-order valence-electron chi connectivity index (χ1n) is 10.6. The minimum atomic E-state index is -3.73. The van der Waals surface area contributed by atoms with Gasteiger partial charge in [0.2, 0.25) is 21.8 Å². The molecule has 0 bridgehead atoms. The highest BCUT2D eigenvalue weighted by atomic mass is 32.2. The lowest BCUT2D eigenvalue weighted by molar-refractivity contribution is -0.139. The van der Waals surface area contributed by atoms with E-state index in [2.05, 4.69) is 5.32 Å². The Labute approximate surface area is 191 Å². The average Bonchev–Trinajstić information content (AvgIpc) is 2.70. The first-order valence-corrected chi connectivity index (χ1v) is 12.4. The number of nitrogens with one attached hydrogen (secondary N) is 1. The van der Waals surface area contributed by atoms with Gasteiger partial charge in [-0.3, -0.25) is 13.9 Å². The minimum absolute atomic E-state index is 0.0835. The summed E-state index contributed by atoms with van der Waals surface area (Å²) in [6.45, 7) is 8.89. The smallest absolute Gasteiger partial charge is 0.244 e. The van der Waals surface area contributed by atoms with Gasteiger partial charge in [-0.25, -0.2) is 8.42 Å². The zero-order chi connectivity index (χ0) is 24.1. The molecule has 1 N–H and O–H groups in total. The molecule has 0 saturated heterocycles. The molecule has 0 aliphatic carbocycles. The molecule has 2 amide bonds. The van der Waals surface area contributed by atoms with Crippen molar-refractivity contribution >= 4 is 27.5 Å². The molecule has 174 valence electrons. The second kappa shape index (κ2) is 10.6. The third-order valence-corrected chi connectivity index (χ3v) is 6.39. The highest BCUT2D eigenvalue weighted by Crippen LogP contribution is 2.23. The summed E-state index contributed by atoms with van der Waals surface area (Å²) in [5.41, 5.74) is 3.06. The van der Waals surface area contributed by atoms with Crippen LogP contribution in [0.25, 0.3) is 0 Å². The Morgan fingerprint density at radius 3 is 2.03 bits per heavy atom. The molecule has 32 heavy (non-hydrogen) atoms. The summed E-state index contributed by atoms with van der Waals surface area (Å²) < 4.78 is 26.3. The third-order valence-electron chi connectivity index (χ3n) is 5.26. The molecule has 0 aliphatic heterocycles. The van der Waals surface area contributed by atoms with Crippen molar-refractivity contribution in [3.8, 4) is 0 Å². The number of hydrogen-bond donors (Lipinski definition) is 1. The Balaban J connectivity index is 2.42. The summed E-state index contributed by atoms with van der Waals surface area (Å²) in [6, 6.07) is 13.8. The fourth-order valence-electron chi connectivity index (χ4n) is 3.40. The van der Waals surface area contributed by atoms with Crippen LogP contribution in [0.3, 0.4) is 0 Å². The first-order chi connectivity index (χ1) is 14.9. The lowest BCUT2D eigenvalue weighted by Gasteiger charge is -2.32. The van der Waals surface area contributed by atoms with Crippen LogP contribution in [0.1, 0.15) is 37.5 Å². The van der Waals surface area contributed by atoms with Crippen LogP contribution >= 0.6 is 0 Å². The highest BCUT2D eigenvalue weighted by molar-refractivity contribution is 7.92. The monoisotopic (exact) mass is 459 g/mol. The van der Waals surface area contributed by atoms with Crippen molar-refractivity contribution in [1.29, 1.82) is 0 Å². The molecule has 0 radical (unpaired) electrons. The van der Waals surface area contributed by atoms with Gasteiger partial charge in [0.25, 0.3) is 0 Å². The molecule has 1 atom stereocenters. The van der Waals surface area contributed by atoms with Crippen LogP contribution in [0.15, 0.2) is 48.5 Å². The number of sulfonamides is 1. The van der Waals surface area contributed by atoms with Gasteiger partial charge < -0.3 is 10.2 Å². The van der Waals surface area contributed by atoms with E-state index in [-0.39, 0.29) is 18.5 Å². The number of amides is 2. The van der Waals surface area contributed by atoms with Gasteiger partial charge in [0.15, 0.2) is 0 Å². The number of nitrogens with zero attached hydrogens (tertiary/aromatic N) is 2. The quantitative estimate of drug-likeness (QED) is 0.625. The molecule has 0 unspecified atom stereocenters. The SMILES string of the molecule is Cc1ccccc1CN(C(=O)CN(c1ccccc1C)S(C)(=O)=O)[C@H](C)C(=O)NC(C)C. The summed E-state index contributed by atoms with van der Waals surface area (Å²) in [5.74, 6) is -0.739. The number of benzene rings is 2. The van der Waals surface area contributed by atoms with Gasteiger partial charge in [-0.2, -0.15) is 0 Å². The molecule has 0 spiro atoms. The molecule has 0 fully saturated rings. The third kappa shape index (κ3) is 6.56. The Bertz CT molecular complexity index is 1070. The van der Waals surface area contributed by atoms with Crippen LogP contribution in [-0.2, 0) is 26.2 Å². The van der Waals surface area contributed by atoms with Gasteiger partial charge in [0.1, 0.15) is 12.6 Å². The molecule has 0 aromatic heterocycles. The summed E-state index contributed by atoms with van der Waals surface area (Å²) >= 11 is 0. The summed E-state index contributed by atoms with van der Waals surface area (Å²) in [7, 11) is -3.73. The normalized spacial score (nSPS) is 12.3. The van der Waals surface area contributed by atoms with Crippen LogP contribution in [0.4, 0.5) is 5.69 Å². The van der Waals surface area contributed by atoms with Crippen LogP contribution in [-0.4, -0.2) is 50.0 Å². The van der Waals surface area contributed by atoms with E-state index in [1.807, 2.05) is 51.1 Å². The van der Waals surface area contributed by atoms with Crippen molar-refractivity contribution in [1.82, 2.24) is 10.2 Å². The number of rotatable bonds is 9. The Hall–Kier alpha value is -2.87.